The van der Waals surface area contributed by atoms with Crippen molar-refractivity contribution in [3.05, 3.63) is 124 Å². The molecule has 0 aliphatic heterocycles. The predicted molar refractivity (Wildman–Crippen MR) is 161 cm³/mol. The fourth-order valence-corrected chi connectivity index (χ4v) is 4.02. The van der Waals surface area contributed by atoms with Crippen LogP contribution < -0.4 is 20.8 Å². The molecule has 0 amide bonds. The fraction of sp³-hybridized carbons (Fsp3) is 0. The molecule has 1 heterocycles. The van der Waals surface area contributed by atoms with Gasteiger partial charge in [0.2, 0.25) is 17.8 Å². The Hall–Kier alpha value is -4.84. The molecule has 3 N–H and O–H groups in total. The third-order valence-electron chi connectivity index (χ3n) is 5.26. The van der Waals surface area contributed by atoms with E-state index < -0.39 is 5.97 Å². The van der Waals surface area contributed by atoms with Crippen molar-refractivity contribution in [1.82, 2.24) is 15.0 Å². The van der Waals surface area contributed by atoms with Crippen LogP contribution in [0.3, 0.4) is 0 Å². The lowest BCUT2D eigenvalue weighted by Gasteiger charge is -2.10. The summed E-state index contributed by atoms with van der Waals surface area (Å²) in [4.78, 5) is 25.8. The van der Waals surface area contributed by atoms with Gasteiger partial charge in [-0.25, -0.2) is 10.2 Å². The Bertz CT molecular complexity index is 1520. The average molecular weight is 627 g/mol. The molecular formula is C29H22IN7O2. The number of benzene rings is 4. The second-order valence-corrected chi connectivity index (χ2v) is 9.26. The van der Waals surface area contributed by atoms with Gasteiger partial charge in [0.1, 0.15) is 5.75 Å². The van der Waals surface area contributed by atoms with E-state index >= 15 is 0 Å². The standard InChI is InChI=1S/C29H22IN7O2/c30-25-14-8-7-13-24(25)26(38)39-23-17-15-20(16-18-23)19-31-37-29-35-27(32-21-9-3-1-4-10-21)34-28(36-29)33-22-11-5-2-6-12-22/h1-19H,(H3,32,33,34,35,36,37)/b31-19+. The summed E-state index contributed by atoms with van der Waals surface area (Å²) in [6, 6.07) is 33.5. The number of hydrogen-bond acceptors (Lipinski definition) is 9. The molecule has 0 aliphatic rings. The van der Waals surface area contributed by atoms with Crippen LogP contribution >= 0.6 is 22.6 Å². The van der Waals surface area contributed by atoms with E-state index in [2.05, 4.69) is 58.7 Å². The Kier molecular flexibility index (Phi) is 8.34. The Morgan fingerprint density at radius 1 is 0.692 bits per heavy atom. The van der Waals surface area contributed by atoms with Crippen LogP contribution in [0.4, 0.5) is 29.2 Å². The van der Waals surface area contributed by atoms with Crippen molar-refractivity contribution in [2.45, 2.75) is 0 Å². The van der Waals surface area contributed by atoms with Crippen molar-refractivity contribution < 1.29 is 9.53 Å². The van der Waals surface area contributed by atoms with Gasteiger partial charge < -0.3 is 15.4 Å². The molecule has 9 nitrogen and oxygen atoms in total. The van der Waals surface area contributed by atoms with E-state index in [0.29, 0.717) is 23.2 Å². The lowest BCUT2D eigenvalue weighted by atomic mass is 10.2. The van der Waals surface area contributed by atoms with Crippen molar-refractivity contribution in [1.29, 1.82) is 0 Å². The maximum absolute atomic E-state index is 12.4. The highest BCUT2D eigenvalue weighted by atomic mass is 127. The number of rotatable bonds is 9. The molecule has 0 atom stereocenters. The smallest absolute Gasteiger partial charge is 0.344 e. The minimum Gasteiger partial charge on any atom is -0.423 e. The quantitative estimate of drug-likeness (QED) is 0.0549. The third kappa shape index (κ3) is 7.36. The van der Waals surface area contributed by atoms with Crippen molar-refractivity contribution in [3.8, 4) is 5.75 Å². The summed E-state index contributed by atoms with van der Waals surface area (Å²) in [5, 5.41) is 10.6. The van der Waals surface area contributed by atoms with Crippen molar-refractivity contribution in [3.63, 3.8) is 0 Å². The number of anilines is 5. The van der Waals surface area contributed by atoms with E-state index in [4.69, 9.17) is 4.74 Å². The van der Waals surface area contributed by atoms with Crippen molar-refractivity contribution in [2.75, 3.05) is 16.1 Å². The van der Waals surface area contributed by atoms with Crippen LogP contribution in [0.15, 0.2) is 114 Å². The van der Waals surface area contributed by atoms with E-state index in [-0.39, 0.29) is 5.95 Å². The zero-order valence-electron chi connectivity index (χ0n) is 20.5. The van der Waals surface area contributed by atoms with Crippen LogP contribution in [-0.2, 0) is 0 Å². The summed E-state index contributed by atoms with van der Waals surface area (Å²) < 4.78 is 6.32. The minimum absolute atomic E-state index is 0.251. The van der Waals surface area contributed by atoms with E-state index in [0.717, 1.165) is 20.5 Å². The van der Waals surface area contributed by atoms with Crippen LogP contribution in [0.1, 0.15) is 15.9 Å². The molecular weight excluding hydrogens is 605 g/mol. The number of esters is 1. The number of nitrogens with zero attached hydrogens (tertiary/aromatic N) is 4. The van der Waals surface area contributed by atoms with Gasteiger partial charge in [-0.1, -0.05) is 48.5 Å². The van der Waals surface area contributed by atoms with Crippen molar-refractivity contribution in [2.24, 2.45) is 5.10 Å². The Morgan fingerprint density at radius 3 is 1.82 bits per heavy atom. The SMILES string of the molecule is O=C(Oc1ccc(/C=N/Nc2nc(Nc3ccccc3)nc(Nc3ccccc3)n2)cc1)c1ccccc1I. The Labute approximate surface area is 238 Å². The molecule has 5 rings (SSSR count). The number of carbonyl (C=O) groups is 1. The summed E-state index contributed by atoms with van der Waals surface area (Å²) in [5.41, 5.74) is 5.85. The molecule has 0 unspecified atom stereocenters. The second kappa shape index (κ2) is 12.6. The first-order valence-corrected chi connectivity index (χ1v) is 13.0. The van der Waals surface area contributed by atoms with Gasteiger partial charge in [-0.05, 0) is 88.8 Å². The number of halogens is 1. The summed E-state index contributed by atoms with van der Waals surface area (Å²) >= 11 is 2.11. The van der Waals surface area contributed by atoms with Gasteiger partial charge in [-0.2, -0.15) is 20.1 Å². The fourth-order valence-electron chi connectivity index (χ4n) is 3.41. The van der Waals surface area contributed by atoms with Crippen LogP contribution in [0, 0.1) is 3.57 Å². The molecule has 1 aromatic heterocycles. The maximum Gasteiger partial charge on any atom is 0.344 e. The Morgan fingerprint density at radius 2 is 1.23 bits per heavy atom. The molecule has 0 spiro atoms. The van der Waals surface area contributed by atoms with Gasteiger partial charge in [0, 0.05) is 14.9 Å². The molecule has 192 valence electrons. The number of carbonyl (C=O) groups excluding carboxylic acids is 1. The molecule has 0 aliphatic carbocycles. The van der Waals surface area contributed by atoms with Crippen molar-refractivity contribution >= 4 is 64.0 Å². The highest BCUT2D eigenvalue weighted by molar-refractivity contribution is 14.1. The second-order valence-electron chi connectivity index (χ2n) is 8.10. The lowest BCUT2D eigenvalue weighted by molar-refractivity contribution is 0.0733. The average Bonchev–Trinajstić information content (AvgIpc) is 2.95. The summed E-state index contributed by atoms with van der Waals surface area (Å²) in [5.74, 6) is 0.993. The molecule has 10 heteroatoms. The largest absolute Gasteiger partial charge is 0.423 e. The minimum atomic E-state index is -0.405. The van der Waals surface area contributed by atoms with E-state index in [1.807, 2.05) is 72.8 Å². The zero-order valence-corrected chi connectivity index (χ0v) is 22.6. The van der Waals surface area contributed by atoms with Crippen LogP contribution in [0.25, 0.3) is 0 Å². The van der Waals surface area contributed by atoms with E-state index in [1.165, 1.54) is 0 Å². The van der Waals surface area contributed by atoms with Gasteiger partial charge in [0.05, 0.1) is 11.8 Å². The molecule has 0 fully saturated rings. The number of nitrogens with one attached hydrogen (secondary N) is 3. The Balaban J connectivity index is 1.27. The molecule has 0 bridgehead atoms. The summed E-state index contributed by atoms with van der Waals surface area (Å²) in [7, 11) is 0. The topological polar surface area (TPSA) is 113 Å². The number of para-hydroxylation sites is 2. The molecule has 5 aromatic rings. The number of hydrazone groups is 1. The summed E-state index contributed by atoms with van der Waals surface area (Å²) in [6.07, 6.45) is 1.62. The van der Waals surface area contributed by atoms with Crippen LogP contribution in [0.5, 0.6) is 5.75 Å². The third-order valence-corrected chi connectivity index (χ3v) is 6.20. The monoisotopic (exact) mass is 627 g/mol. The van der Waals surface area contributed by atoms with Gasteiger partial charge in [0.25, 0.3) is 0 Å². The first kappa shape index (κ1) is 25.8. The van der Waals surface area contributed by atoms with Gasteiger partial charge >= 0.3 is 5.97 Å². The van der Waals surface area contributed by atoms with Crippen LogP contribution in [0.2, 0.25) is 0 Å². The van der Waals surface area contributed by atoms with E-state index in [1.54, 1.807) is 42.6 Å². The van der Waals surface area contributed by atoms with Gasteiger partial charge in [-0.3, -0.25) is 0 Å². The highest BCUT2D eigenvalue weighted by Crippen LogP contribution is 2.19. The normalized spacial score (nSPS) is 10.7. The number of aromatic nitrogens is 3. The molecule has 4 aromatic carbocycles. The number of ether oxygens (including phenoxy) is 1. The van der Waals surface area contributed by atoms with Gasteiger partial charge in [0.15, 0.2) is 0 Å². The summed E-state index contributed by atoms with van der Waals surface area (Å²) in [6.45, 7) is 0. The van der Waals surface area contributed by atoms with Crippen LogP contribution in [-0.4, -0.2) is 27.1 Å². The highest BCUT2D eigenvalue weighted by Gasteiger charge is 2.12. The zero-order chi connectivity index (χ0) is 26.9. The lowest BCUT2D eigenvalue weighted by Crippen LogP contribution is -2.10. The maximum atomic E-state index is 12.4. The van der Waals surface area contributed by atoms with Gasteiger partial charge in [-0.15, -0.1) is 0 Å². The predicted octanol–water partition coefficient (Wildman–Crippen LogP) is 6.63. The molecule has 0 saturated carbocycles. The molecule has 0 saturated heterocycles. The number of hydrogen-bond donors (Lipinski definition) is 3. The molecule has 0 radical (unpaired) electrons. The van der Waals surface area contributed by atoms with E-state index in [9.17, 15) is 4.79 Å². The first-order chi connectivity index (χ1) is 19.1. The molecule has 39 heavy (non-hydrogen) atoms. The first-order valence-electron chi connectivity index (χ1n) is 11.9.